The normalized spacial score (nSPS) is 11.0. The van der Waals surface area contributed by atoms with E-state index in [1.807, 2.05) is 30.3 Å². The van der Waals surface area contributed by atoms with Crippen molar-refractivity contribution in [2.45, 2.75) is 18.0 Å². The van der Waals surface area contributed by atoms with Crippen molar-refractivity contribution in [2.75, 3.05) is 12.3 Å². The average Bonchev–Trinajstić information content (AvgIpc) is 3.18. The number of hydrogen-bond acceptors (Lipinski definition) is 6. The van der Waals surface area contributed by atoms with Gasteiger partial charge in [-0.2, -0.15) is 0 Å². The van der Waals surface area contributed by atoms with Gasteiger partial charge in [-0.25, -0.2) is 19.0 Å². The van der Waals surface area contributed by atoms with E-state index >= 15 is 0 Å². The van der Waals surface area contributed by atoms with Crippen LogP contribution in [0.15, 0.2) is 66.0 Å². The summed E-state index contributed by atoms with van der Waals surface area (Å²) >= 11 is 1.30. The molecule has 2 aromatic heterocycles. The molecule has 0 fully saturated rings. The number of nitrogens with zero attached hydrogens (tertiary/aromatic N) is 5. The van der Waals surface area contributed by atoms with Crippen LogP contribution in [0.25, 0.3) is 11.2 Å². The first-order chi connectivity index (χ1) is 14.7. The van der Waals surface area contributed by atoms with Crippen molar-refractivity contribution in [1.29, 1.82) is 0 Å². The maximum Gasteiger partial charge on any atom is 0.230 e. The fraction of sp³-hybridized carbons (Fsp3) is 0.190. The lowest BCUT2D eigenvalue weighted by Gasteiger charge is -2.05. The number of hydrogen-bond donors (Lipinski definition) is 1. The van der Waals surface area contributed by atoms with Gasteiger partial charge in [-0.05, 0) is 29.7 Å². The van der Waals surface area contributed by atoms with Crippen molar-refractivity contribution in [3.05, 3.63) is 77.9 Å². The van der Waals surface area contributed by atoms with Gasteiger partial charge in [-0.1, -0.05) is 59.4 Å². The summed E-state index contributed by atoms with van der Waals surface area (Å²) in [6.07, 6.45) is 2.22. The van der Waals surface area contributed by atoms with Crippen molar-refractivity contribution in [2.24, 2.45) is 0 Å². The van der Waals surface area contributed by atoms with Crippen LogP contribution in [0.3, 0.4) is 0 Å². The predicted molar refractivity (Wildman–Crippen MR) is 112 cm³/mol. The molecule has 4 rings (SSSR count). The minimum atomic E-state index is -0.287. The van der Waals surface area contributed by atoms with Gasteiger partial charge in [0.25, 0.3) is 0 Å². The summed E-state index contributed by atoms with van der Waals surface area (Å²) < 4.78 is 14.7. The molecular weight excluding hydrogens is 403 g/mol. The maximum absolute atomic E-state index is 13.1. The molecule has 152 valence electrons. The first kappa shape index (κ1) is 20.0. The van der Waals surface area contributed by atoms with Gasteiger partial charge in [0.1, 0.15) is 17.2 Å². The molecule has 0 aliphatic carbocycles. The molecule has 30 heavy (non-hydrogen) atoms. The van der Waals surface area contributed by atoms with Gasteiger partial charge >= 0.3 is 0 Å². The minimum absolute atomic E-state index is 0.0682. The summed E-state index contributed by atoms with van der Waals surface area (Å²) in [5, 5.41) is 11.8. The molecule has 0 saturated heterocycles. The molecule has 0 saturated carbocycles. The third-order valence-electron chi connectivity index (χ3n) is 4.43. The second-order valence-electron chi connectivity index (χ2n) is 6.60. The Morgan fingerprint density at radius 1 is 1.03 bits per heavy atom. The number of fused-ring (bicyclic) bond motifs is 1. The highest BCUT2D eigenvalue weighted by atomic mass is 32.2. The van der Waals surface area contributed by atoms with E-state index in [-0.39, 0.29) is 17.5 Å². The zero-order valence-corrected chi connectivity index (χ0v) is 16.8. The molecule has 7 nitrogen and oxygen atoms in total. The minimum Gasteiger partial charge on any atom is -0.355 e. The second kappa shape index (κ2) is 9.45. The summed E-state index contributed by atoms with van der Waals surface area (Å²) in [6.45, 7) is 0.994. The van der Waals surface area contributed by atoms with Crippen LogP contribution < -0.4 is 5.32 Å². The molecule has 9 heteroatoms. The molecular formula is C21H19FN6OS. The molecule has 0 aliphatic rings. The number of benzene rings is 2. The Kier molecular flexibility index (Phi) is 6.29. The molecule has 0 spiro atoms. The fourth-order valence-electron chi connectivity index (χ4n) is 2.92. The van der Waals surface area contributed by atoms with E-state index in [9.17, 15) is 9.18 Å². The van der Waals surface area contributed by atoms with E-state index < -0.39 is 0 Å². The van der Waals surface area contributed by atoms with Gasteiger partial charge < -0.3 is 5.32 Å². The third kappa shape index (κ3) is 4.98. The summed E-state index contributed by atoms with van der Waals surface area (Å²) in [7, 11) is 0. The molecule has 4 aromatic rings. The molecule has 2 heterocycles. The molecule has 0 radical (unpaired) electrons. The van der Waals surface area contributed by atoms with Crippen molar-refractivity contribution in [3.63, 3.8) is 0 Å². The monoisotopic (exact) mass is 422 g/mol. The van der Waals surface area contributed by atoms with E-state index in [0.29, 0.717) is 29.3 Å². The topological polar surface area (TPSA) is 85.6 Å². The molecule has 0 atom stereocenters. The number of halogens is 1. The van der Waals surface area contributed by atoms with E-state index in [1.165, 1.54) is 35.8 Å². The lowest BCUT2D eigenvalue weighted by atomic mass is 10.1. The van der Waals surface area contributed by atoms with Crippen LogP contribution in [0.5, 0.6) is 0 Å². The van der Waals surface area contributed by atoms with E-state index in [1.54, 1.807) is 16.8 Å². The Morgan fingerprint density at radius 3 is 2.63 bits per heavy atom. The van der Waals surface area contributed by atoms with Crippen LogP contribution in [0.4, 0.5) is 4.39 Å². The summed E-state index contributed by atoms with van der Waals surface area (Å²) in [5.41, 5.74) is 3.18. The van der Waals surface area contributed by atoms with Gasteiger partial charge in [0.2, 0.25) is 5.91 Å². The number of thioether (sulfide) groups is 1. The molecule has 1 N–H and O–H groups in total. The smallest absolute Gasteiger partial charge is 0.230 e. The predicted octanol–water partition coefficient (Wildman–Crippen LogP) is 2.86. The number of carbonyl (C=O) groups is 1. The highest BCUT2D eigenvalue weighted by Crippen LogP contribution is 2.22. The average molecular weight is 422 g/mol. The number of carbonyl (C=O) groups excluding carboxylic acids is 1. The first-order valence-electron chi connectivity index (χ1n) is 9.41. The zero-order chi connectivity index (χ0) is 20.8. The first-order valence-corrected chi connectivity index (χ1v) is 10.4. The van der Waals surface area contributed by atoms with Crippen LogP contribution >= 0.6 is 11.8 Å². The molecule has 0 bridgehead atoms. The Balaban J connectivity index is 1.35. The van der Waals surface area contributed by atoms with Crippen molar-refractivity contribution in [1.82, 2.24) is 30.3 Å². The van der Waals surface area contributed by atoms with Gasteiger partial charge in [0, 0.05) is 6.54 Å². The summed E-state index contributed by atoms with van der Waals surface area (Å²) in [5.74, 6) is -0.127. The van der Waals surface area contributed by atoms with Crippen LogP contribution in [-0.2, 0) is 17.8 Å². The van der Waals surface area contributed by atoms with Crippen LogP contribution in [-0.4, -0.2) is 43.2 Å². The largest absolute Gasteiger partial charge is 0.355 e. The van der Waals surface area contributed by atoms with E-state index in [2.05, 4.69) is 25.6 Å². The lowest BCUT2D eigenvalue weighted by molar-refractivity contribution is -0.118. The maximum atomic E-state index is 13.1. The standard InChI is InChI=1S/C21H19FN6OS/c22-17-8-6-16(7-9-17)12-28-20-19(26-27-28)21(25-14-24-20)30-13-18(29)23-11-10-15-4-2-1-3-5-15/h1-9,14H,10-13H2,(H,23,29). The fourth-order valence-corrected chi connectivity index (χ4v) is 3.68. The number of nitrogens with one attached hydrogen (secondary N) is 1. The molecule has 0 aliphatic heterocycles. The van der Waals surface area contributed by atoms with Crippen LogP contribution in [0.2, 0.25) is 0 Å². The Morgan fingerprint density at radius 2 is 1.83 bits per heavy atom. The van der Waals surface area contributed by atoms with Crippen molar-refractivity contribution < 1.29 is 9.18 Å². The second-order valence-corrected chi connectivity index (χ2v) is 7.56. The van der Waals surface area contributed by atoms with Gasteiger partial charge in [0.15, 0.2) is 11.2 Å². The van der Waals surface area contributed by atoms with E-state index in [4.69, 9.17) is 0 Å². The van der Waals surface area contributed by atoms with Crippen LogP contribution in [0, 0.1) is 5.82 Å². The Hall–Kier alpha value is -3.33. The Labute approximate surface area is 176 Å². The Bertz CT molecular complexity index is 1130. The molecule has 0 unspecified atom stereocenters. The van der Waals surface area contributed by atoms with Crippen molar-refractivity contribution in [3.8, 4) is 0 Å². The van der Waals surface area contributed by atoms with Crippen LogP contribution in [0.1, 0.15) is 11.1 Å². The lowest BCUT2D eigenvalue weighted by Crippen LogP contribution is -2.27. The quantitative estimate of drug-likeness (QED) is 0.347. The molecule has 2 aromatic carbocycles. The SMILES string of the molecule is O=C(CSc1ncnc2c1nnn2Cc1ccc(F)cc1)NCCc1ccccc1. The molecule has 1 amide bonds. The highest BCUT2D eigenvalue weighted by Gasteiger charge is 2.14. The highest BCUT2D eigenvalue weighted by molar-refractivity contribution is 8.00. The summed E-state index contributed by atoms with van der Waals surface area (Å²) in [6, 6.07) is 16.2. The van der Waals surface area contributed by atoms with Crippen molar-refractivity contribution >= 4 is 28.8 Å². The number of amides is 1. The van der Waals surface area contributed by atoms with Gasteiger partial charge in [-0.15, -0.1) is 5.10 Å². The number of rotatable bonds is 8. The van der Waals surface area contributed by atoms with Gasteiger partial charge in [-0.3, -0.25) is 4.79 Å². The van der Waals surface area contributed by atoms with Gasteiger partial charge in [0.05, 0.1) is 12.3 Å². The third-order valence-corrected chi connectivity index (χ3v) is 5.41. The number of aromatic nitrogens is 5. The zero-order valence-electron chi connectivity index (χ0n) is 16.0. The summed E-state index contributed by atoms with van der Waals surface area (Å²) in [4.78, 5) is 20.7. The van der Waals surface area contributed by atoms with E-state index in [0.717, 1.165) is 12.0 Å².